The number of hydrogen-bond donors (Lipinski definition) is 0. The number of hydrogen-bond acceptors (Lipinski definition) is 11. The maximum Gasteiger partial charge on any atom is 2.00 e. The van der Waals surface area contributed by atoms with Crippen LogP contribution in [0.15, 0.2) is 71.8 Å². The number of halogens is 3. The van der Waals surface area contributed by atoms with Gasteiger partial charge in [0.25, 0.3) is 0 Å². The Bertz CT molecular complexity index is 1840. The summed E-state index contributed by atoms with van der Waals surface area (Å²) in [7, 11) is -6.09. The standard InChI is InChI=1S/C44H72N2O4.C7H6O2.CHF3O3S.Pt/c1-3-5-7-9-11-13-15-17-19-21-23-25-27-29-35-49-43(47)39-31-33-45-41(37-39)42-38-40(32-34-46-42)44(48)50-36-30-28-26-24-22-20-18-16-14-12-10-8-6-4-2;8-6-4-2-1-3-5-7(6)9;2-1(3,4)8(5,6)7;/h31-34,37-38H,3-30,35-36H2,1-2H3;1-5H,(H,8,9);(H,5,6,7);/q;;;+2/p-2. The fraction of sp³-hybridized carbons (Fsp3) is 0.635. The molecule has 0 atom stereocenters. The fourth-order valence-corrected chi connectivity index (χ4v) is 7.00. The van der Waals surface area contributed by atoms with Crippen LogP contribution < -0.4 is 10.5 Å². The van der Waals surface area contributed by atoms with Crippen LogP contribution in [-0.4, -0.2) is 53.6 Å². The fourth-order valence-electron chi connectivity index (χ4n) is 7.00. The Morgan fingerprint density at radius 2 is 0.824 bits per heavy atom. The number of pyridine rings is 2. The Hall–Kier alpha value is -3.68. The van der Waals surface area contributed by atoms with E-state index in [1.54, 1.807) is 54.9 Å². The molecule has 386 valence electrons. The van der Waals surface area contributed by atoms with Crippen molar-refractivity contribution >= 4 is 22.1 Å². The zero-order chi connectivity index (χ0) is 49.4. The Morgan fingerprint density at radius 1 is 0.529 bits per heavy atom. The van der Waals surface area contributed by atoms with E-state index in [1.165, 1.54) is 166 Å². The molecular formula is C52H77F3N2O9PtS. The molecule has 2 aromatic heterocycles. The molecule has 0 aliphatic carbocycles. The molecule has 0 amide bonds. The van der Waals surface area contributed by atoms with Crippen molar-refractivity contribution in [3.63, 3.8) is 0 Å². The summed E-state index contributed by atoms with van der Waals surface area (Å²) in [4.78, 5) is 44.7. The van der Waals surface area contributed by atoms with Crippen LogP contribution in [0.25, 0.3) is 11.4 Å². The van der Waals surface area contributed by atoms with Crippen molar-refractivity contribution in [3.05, 3.63) is 88.3 Å². The third-order valence-electron chi connectivity index (χ3n) is 11.0. The van der Waals surface area contributed by atoms with Crippen molar-refractivity contribution in [1.29, 1.82) is 0 Å². The third-order valence-corrected chi connectivity index (χ3v) is 11.5. The van der Waals surface area contributed by atoms with E-state index in [9.17, 15) is 32.7 Å². The van der Waals surface area contributed by atoms with Gasteiger partial charge in [0.1, 0.15) is 0 Å². The summed E-state index contributed by atoms with van der Waals surface area (Å²) < 4.78 is 70.0. The molecule has 3 rings (SSSR count). The second kappa shape index (κ2) is 41.1. The maximum atomic E-state index is 12.7. The molecule has 0 unspecified atom stereocenters. The van der Waals surface area contributed by atoms with Gasteiger partial charge in [0, 0.05) is 12.4 Å². The first-order valence-corrected chi connectivity index (χ1v) is 26.2. The number of aromatic nitrogens is 2. The molecule has 11 nitrogen and oxygen atoms in total. The molecule has 0 aliphatic heterocycles. The van der Waals surface area contributed by atoms with Crippen LogP contribution >= 0.6 is 0 Å². The van der Waals surface area contributed by atoms with Crippen molar-refractivity contribution in [3.8, 4) is 17.1 Å². The van der Waals surface area contributed by atoms with Gasteiger partial charge in [-0.05, 0) is 43.2 Å². The summed E-state index contributed by atoms with van der Waals surface area (Å²) in [6.07, 6.45) is 39.4. The number of ether oxygens (including phenoxy) is 2. The summed E-state index contributed by atoms with van der Waals surface area (Å²) in [6, 6.07) is 13.9. The van der Waals surface area contributed by atoms with Gasteiger partial charge < -0.3 is 19.1 Å². The number of rotatable bonds is 33. The number of alkyl halides is 3. The largest absolute Gasteiger partial charge is 2.00 e. The molecule has 0 aliphatic rings. The van der Waals surface area contributed by atoms with Crippen molar-refractivity contribution in [1.82, 2.24) is 9.97 Å². The molecule has 0 saturated carbocycles. The second-order valence-electron chi connectivity index (χ2n) is 16.9. The monoisotopic (exact) mass is 1160 g/mol. The summed E-state index contributed by atoms with van der Waals surface area (Å²) in [6.45, 7) is 5.39. The number of esters is 2. The van der Waals surface area contributed by atoms with Crippen molar-refractivity contribution < 1.29 is 71.4 Å². The van der Waals surface area contributed by atoms with E-state index in [1.807, 2.05) is 0 Å². The normalized spacial score (nSPS) is 11.0. The van der Waals surface area contributed by atoms with Gasteiger partial charge in [0.2, 0.25) is 0 Å². The van der Waals surface area contributed by atoms with Gasteiger partial charge in [-0.1, -0.05) is 211 Å². The summed E-state index contributed by atoms with van der Waals surface area (Å²) >= 11 is 0. The first-order chi connectivity index (χ1) is 32.2. The van der Waals surface area contributed by atoms with Gasteiger partial charge >= 0.3 is 38.5 Å². The molecule has 1 aromatic carbocycles. The third kappa shape index (κ3) is 33.8. The summed E-state index contributed by atoms with van der Waals surface area (Å²) in [5, 5.41) is 10.5. The molecule has 0 bridgehead atoms. The topological polar surface area (TPSA) is 176 Å². The number of unbranched alkanes of at least 4 members (excludes halogenated alkanes) is 26. The van der Waals surface area contributed by atoms with E-state index in [-0.39, 0.29) is 33.0 Å². The molecule has 2 heterocycles. The molecular weight excluding hydrogens is 1080 g/mol. The predicted molar refractivity (Wildman–Crippen MR) is 257 cm³/mol. The van der Waals surface area contributed by atoms with E-state index in [0.717, 1.165) is 25.7 Å². The van der Waals surface area contributed by atoms with Crippen LogP contribution in [0.2, 0.25) is 0 Å². The summed E-state index contributed by atoms with van der Waals surface area (Å²) in [5.41, 5.74) is -4.18. The Morgan fingerprint density at radius 3 is 1.13 bits per heavy atom. The first kappa shape index (κ1) is 64.3. The Kier molecular flexibility index (Phi) is 38.9. The van der Waals surface area contributed by atoms with E-state index in [0.29, 0.717) is 35.7 Å². The Balaban J connectivity index is 0.00000208. The van der Waals surface area contributed by atoms with Crippen LogP contribution in [0, 0.1) is 0 Å². The van der Waals surface area contributed by atoms with E-state index >= 15 is 0 Å². The smallest absolute Gasteiger partial charge is 0.870 e. The van der Waals surface area contributed by atoms with E-state index < -0.39 is 26.8 Å². The van der Waals surface area contributed by atoms with Crippen LogP contribution in [0.1, 0.15) is 214 Å². The summed E-state index contributed by atoms with van der Waals surface area (Å²) in [5.74, 6) is -1.17. The minimum atomic E-state index is -6.09. The maximum absolute atomic E-state index is 12.7. The Labute approximate surface area is 419 Å². The number of carbonyl (C=O) groups is 2. The van der Waals surface area contributed by atoms with Crippen LogP contribution in [0.5, 0.6) is 5.75 Å². The first-order valence-electron chi connectivity index (χ1n) is 24.8. The molecule has 0 saturated heterocycles. The zero-order valence-corrected chi connectivity index (χ0v) is 43.6. The average Bonchev–Trinajstić information content (AvgIpc) is 3.50. The SMILES string of the molecule is CCCCCCCCCCCCCCCCOC(=O)c1ccnc(-c2cc(C(=O)OCCCCCCCCCCCCCCCC)ccn2)c1.O=S(=O)([O-])C(F)(F)F.O=c1cccccc1[O-].[Pt+2]. The van der Waals surface area contributed by atoms with Crippen molar-refractivity contribution in [2.45, 2.75) is 199 Å². The minimum absolute atomic E-state index is 0. The van der Waals surface area contributed by atoms with E-state index in [4.69, 9.17) is 22.4 Å². The van der Waals surface area contributed by atoms with Crippen LogP contribution in [0.4, 0.5) is 13.2 Å². The molecule has 3 aromatic rings. The molecule has 0 N–H and O–H groups in total. The second-order valence-corrected chi connectivity index (χ2v) is 18.2. The number of nitrogens with zero attached hydrogens (tertiary/aromatic N) is 2. The van der Waals surface area contributed by atoms with Gasteiger partial charge in [-0.15, -0.1) is 0 Å². The molecule has 0 spiro atoms. The van der Waals surface area contributed by atoms with Crippen LogP contribution in [0.3, 0.4) is 0 Å². The average molecular weight is 1160 g/mol. The predicted octanol–water partition coefficient (Wildman–Crippen LogP) is 13.6. The molecule has 0 radical (unpaired) electrons. The zero-order valence-electron chi connectivity index (χ0n) is 40.5. The van der Waals surface area contributed by atoms with Gasteiger partial charge in [0.15, 0.2) is 15.5 Å². The van der Waals surface area contributed by atoms with Gasteiger partial charge in [-0.3, -0.25) is 14.8 Å². The van der Waals surface area contributed by atoms with Crippen molar-refractivity contribution in [2.75, 3.05) is 13.2 Å². The van der Waals surface area contributed by atoms with Crippen LogP contribution in [-0.2, 0) is 40.7 Å². The van der Waals surface area contributed by atoms with Gasteiger partial charge in [-0.2, -0.15) is 13.2 Å². The minimum Gasteiger partial charge on any atom is -0.870 e. The number of carbonyl (C=O) groups excluding carboxylic acids is 2. The molecule has 16 heteroatoms. The molecule has 0 fully saturated rings. The van der Waals surface area contributed by atoms with Gasteiger partial charge in [0.05, 0.1) is 35.7 Å². The van der Waals surface area contributed by atoms with Crippen molar-refractivity contribution in [2.24, 2.45) is 0 Å². The van der Waals surface area contributed by atoms with Gasteiger partial charge in [-0.25, -0.2) is 18.0 Å². The quantitative estimate of drug-likeness (QED) is 0.0245. The molecule has 68 heavy (non-hydrogen) atoms. The van der Waals surface area contributed by atoms with E-state index in [2.05, 4.69) is 23.8 Å².